The van der Waals surface area contributed by atoms with E-state index in [2.05, 4.69) is 25.6 Å². The first-order valence-electron chi connectivity index (χ1n) is 8.15. The fourth-order valence-electron chi connectivity index (χ4n) is 2.47. The molecule has 1 unspecified atom stereocenters. The summed E-state index contributed by atoms with van der Waals surface area (Å²) >= 11 is 1.30. The van der Waals surface area contributed by atoms with Crippen molar-refractivity contribution in [2.75, 3.05) is 11.1 Å². The van der Waals surface area contributed by atoms with E-state index in [0.717, 1.165) is 16.8 Å². The van der Waals surface area contributed by atoms with Gasteiger partial charge >= 0.3 is 0 Å². The van der Waals surface area contributed by atoms with Crippen molar-refractivity contribution in [3.63, 3.8) is 0 Å². The molecule has 3 rings (SSSR count). The summed E-state index contributed by atoms with van der Waals surface area (Å²) in [6, 6.07) is 7.66. The normalized spacial score (nSPS) is 11.6. The molecule has 3 aromatic rings. The standard InChI is InChI=1S/C18H18N6O2S/c1-10(22-11(2)25)12-3-5-13(6-4-12)14-9-27-18(23-14)24-17(26)15-16(19)21-8-7-20-15/h3-10H,1-2H3,(H2,19,21)(H,22,25)(H,23,24,26). The molecule has 1 aromatic carbocycles. The second-order valence-electron chi connectivity index (χ2n) is 5.83. The smallest absolute Gasteiger partial charge is 0.279 e. The number of aromatic nitrogens is 3. The molecule has 0 radical (unpaired) electrons. The lowest BCUT2D eigenvalue weighted by Crippen LogP contribution is -2.23. The number of nitrogen functional groups attached to an aromatic ring is 1. The molecule has 9 heteroatoms. The van der Waals surface area contributed by atoms with Gasteiger partial charge in [0, 0.05) is 30.3 Å². The zero-order chi connectivity index (χ0) is 19.4. The number of carbonyl (C=O) groups excluding carboxylic acids is 2. The molecule has 8 nitrogen and oxygen atoms in total. The van der Waals surface area contributed by atoms with E-state index in [-0.39, 0.29) is 23.5 Å². The molecule has 4 N–H and O–H groups in total. The zero-order valence-electron chi connectivity index (χ0n) is 14.8. The van der Waals surface area contributed by atoms with Gasteiger partial charge in [-0.2, -0.15) is 0 Å². The Morgan fingerprint density at radius 1 is 1.15 bits per heavy atom. The zero-order valence-corrected chi connectivity index (χ0v) is 15.6. The van der Waals surface area contributed by atoms with Crippen LogP contribution >= 0.6 is 11.3 Å². The Morgan fingerprint density at radius 2 is 1.85 bits per heavy atom. The van der Waals surface area contributed by atoms with Crippen LogP contribution in [0.25, 0.3) is 11.3 Å². The predicted octanol–water partition coefficient (Wildman–Crippen LogP) is 2.63. The van der Waals surface area contributed by atoms with Gasteiger partial charge in [0.1, 0.15) is 0 Å². The number of nitrogens with two attached hydrogens (primary N) is 1. The van der Waals surface area contributed by atoms with Gasteiger partial charge in [-0.3, -0.25) is 14.9 Å². The Hall–Kier alpha value is -3.33. The predicted molar refractivity (Wildman–Crippen MR) is 104 cm³/mol. The molecule has 0 fully saturated rings. The summed E-state index contributed by atoms with van der Waals surface area (Å²) in [4.78, 5) is 35.6. The van der Waals surface area contributed by atoms with Gasteiger partial charge in [0.05, 0.1) is 11.7 Å². The first-order valence-corrected chi connectivity index (χ1v) is 9.03. The van der Waals surface area contributed by atoms with Crippen LogP contribution in [0.4, 0.5) is 10.9 Å². The second-order valence-corrected chi connectivity index (χ2v) is 6.68. The third-order valence-corrected chi connectivity index (χ3v) is 4.55. The van der Waals surface area contributed by atoms with Gasteiger partial charge < -0.3 is 11.1 Å². The second kappa shape index (κ2) is 7.92. The van der Waals surface area contributed by atoms with Gasteiger partial charge in [0.2, 0.25) is 5.91 Å². The Morgan fingerprint density at radius 3 is 2.52 bits per heavy atom. The number of hydrogen-bond acceptors (Lipinski definition) is 7. The Labute approximate surface area is 159 Å². The first kappa shape index (κ1) is 18.5. The van der Waals surface area contributed by atoms with E-state index in [1.807, 2.05) is 36.6 Å². The van der Waals surface area contributed by atoms with E-state index in [4.69, 9.17) is 5.73 Å². The number of hydrogen-bond donors (Lipinski definition) is 3. The van der Waals surface area contributed by atoms with Crippen molar-refractivity contribution in [1.29, 1.82) is 0 Å². The maximum absolute atomic E-state index is 12.2. The maximum Gasteiger partial charge on any atom is 0.279 e. The minimum Gasteiger partial charge on any atom is -0.382 e. The molecular weight excluding hydrogens is 364 g/mol. The maximum atomic E-state index is 12.2. The van der Waals surface area contributed by atoms with Gasteiger partial charge in [-0.15, -0.1) is 11.3 Å². The number of nitrogens with zero attached hydrogens (tertiary/aromatic N) is 3. The van der Waals surface area contributed by atoms with Gasteiger partial charge in [-0.25, -0.2) is 15.0 Å². The highest BCUT2D eigenvalue weighted by Crippen LogP contribution is 2.26. The number of rotatable bonds is 5. The molecule has 2 heterocycles. The minimum atomic E-state index is -0.457. The highest BCUT2D eigenvalue weighted by atomic mass is 32.1. The SMILES string of the molecule is CC(=O)NC(C)c1ccc(-c2csc(NC(=O)c3nccnc3N)n2)cc1. The molecule has 0 spiro atoms. The molecule has 2 amide bonds. The third kappa shape index (κ3) is 4.45. The molecule has 0 aliphatic rings. The van der Waals surface area contributed by atoms with Gasteiger partial charge in [0.25, 0.3) is 5.91 Å². The monoisotopic (exact) mass is 382 g/mol. The van der Waals surface area contributed by atoms with Crippen molar-refractivity contribution in [3.05, 3.63) is 53.3 Å². The Bertz CT molecular complexity index is 970. The fraction of sp³-hybridized carbons (Fsp3) is 0.167. The van der Waals surface area contributed by atoms with Crippen molar-refractivity contribution >= 4 is 34.1 Å². The van der Waals surface area contributed by atoms with Crippen molar-refractivity contribution in [1.82, 2.24) is 20.3 Å². The Balaban J connectivity index is 1.71. The highest BCUT2D eigenvalue weighted by Gasteiger charge is 2.14. The minimum absolute atomic E-state index is 0.0607. The lowest BCUT2D eigenvalue weighted by molar-refractivity contribution is -0.119. The van der Waals surface area contributed by atoms with Gasteiger partial charge in [-0.1, -0.05) is 24.3 Å². The van der Waals surface area contributed by atoms with E-state index in [0.29, 0.717) is 5.13 Å². The summed E-state index contributed by atoms with van der Waals surface area (Å²) in [5.41, 5.74) is 8.36. The third-order valence-electron chi connectivity index (χ3n) is 3.79. The van der Waals surface area contributed by atoms with Crippen LogP contribution in [0.3, 0.4) is 0 Å². The summed E-state index contributed by atoms with van der Waals surface area (Å²) in [6.45, 7) is 3.41. The van der Waals surface area contributed by atoms with Crippen LogP contribution in [-0.2, 0) is 4.79 Å². The summed E-state index contributed by atoms with van der Waals surface area (Å²) in [5, 5.41) is 7.81. The van der Waals surface area contributed by atoms with Crippen LogP contribution < -0.4 is 16.4 Å². The van der Waals surface area contributed by atoms with Crippen LogP contribution in [0, 0.1) is 0 Å². The number of carbonyl (C=O) groups is 2. The van der Waals surface area contributed by atoms with Crippen LogP contribution in [0.5, 0.6) is 0 Å². The van der Waals surface area contributed by atoms with Crippen LogP contribution in [0.1, 0.15) is 35.9 Å². The Kier molecular flexibility index (Phi) is 5.41. The molecule has 0 aliphatic carbocycles. The van der Waals surface area contributed by atoms with E-state index in [1.165, 1.54) is 30.7 Å². The average Bonchev–Trinajstić information content (AvgIpc) is 3.10. The molecule has 138 valence electrons. The molecular formula is C18H18N6O2S. The molecule has 0 bridgehead atoms. The number of nitrogens with one attached hydrogen (secondary N) is 2. The van der Waals surface area contributed by atoms with Crippen LogP contribution in [0.15, 0.2) is 42.0 Å². The number of anilines is 2. The van der Waals surface area contributed by atoms with Crippen molar-refractivity contribution in [3.8, 4) is 11.3 Å². The van der Waals surface area contributed by atoms with E-state index < -0.39 is 5.91 Å². The largest absolute Gasteiger partial charge is 0.382 e. The molecule has 0 saturated carbocycles. The van der Waals surface area contributed by atoms with E-state index in [1.54, 1.807) is 0 Å². The molecule has 2 aromatic heterocycles. The lowest BCUT2D eigenvalue weighted by atomic mass is 10.1. The van der Waals surface area contributed by atoms with Gasteiger partial charge in [-0.05, 0) is 12.5 Å². The summed E-state index contributed by atoms with van der Waals surface area (Å²) < 4.78 is 0. The fourth-order valence-corrected chi connectivity index (χ4v) is 3.19. The highest BCUT2D eigenvalue weighted by molar-refractivity contribution is 7.14. The van der Waals surface area contributed by atoms with Crippen LogP contribution in [0.2, 0.25) is 0 Å². The molecule has 0 aliphatic heterocycles. The summed E-state index contributed by atoms with van der Waals surface area (Å²) in [6.07, 6.45) is 2.83. The number of amides is 2. The van der Waals surface area contributed by atoms with Crippen molar-refractivity contribution in [2.45, 2.75) is 19.9 Å². The van der Waals surface area contributed by atoms with E-state index >= 15 is 0 Å². The quantitative estimate of drug-likeness (QED) is 0.623. The number of thiazole rings is 1. The number of benzene rings is 1. The topological polar surface area (TPSA) is 123 Å². The van der Waals surface area contributed by atoms with Crippen LogP contribution in [-0.4, -0.2) is 26.8 Å². The molecule has 27 heavy (non-hydrogen) atoms. The molecule has 1 atom stereocenters. The molecule has 0 saturated heterocycles. The summed E-state index contributed by atoms with van der Waals surface area (Å²) in [7, 11) is 0. The average molecular weight is 382 g/mol. The first-order chi connectivity index (χ1) is 12.9. The van der Waals surface area contributed by atoms with Crippen molar-refractivity contribution < 1.29 is 9.59 Å². The van der Waals surface area contributed by atoms with Gasteiger partial charge in [0.15, 0.2) is 16.6 Å². The summed E-state index contributed by atoms with van der Waals surface area (Å²) in [5.74, 6) is -0.466. The lowest BCUT2D eigenvalue weighted by Gasteiger charge is -2.13. The van der Waals surface area contributed by atoms with E-state index in [9.17, 15) is 9.59 Å². The van der Waals surface area contributed by atoms with Crippen molar-refractivity contribution in [2.24, 2.45) is 0 Å².